The molecule has 0 spiro atoms. The number of benzene rings is 1. The van der Waals surface area contributed by atoms with Crippen molar-refractivity contribution in [3.05, 3.63) is 70.0 Å². The molecule has 0 radical (unpaired) electrons. The summed E-state index contributed by atoms with van der Waals surface area (Å²) < 4.78 is 15.1. The lowest BCUT2D eigenvalue weighted by molar-refractivity contribution is 0.486. The van der Waals surface area contributed by atoms with Crippen molar-refractivity contribution >= 4 is 44.4 Å². The molecule has 0 amide bonds. The number of hydrogen-bond donors (Lipinski definition) is 0. The molecule has 0 aliphatic rings. The number of thioether (sulfide) groups is 1. The Morgan fingerprint density at radius 3 is 2.77 bits per heavy atom. The van der Waals surface area contributed by atoms with Gasteiger partial charge in [0.25, 0.3) is 11.4 Å². The lowest BCUT2D eigenvalue weighted by Gasteiger charge is -2.09. The first-order chi connectivity index (χ1) is 14.7. The average Bonchev–Trinajstić information content (AvgIpc) is 3.49. The fraction of sp³-hybridized carbons (Fsp3) is 0.105. The minimum atomic E-state index is -0.131. The second kappa shape index (κ2) is 7.58. The normalized spacial score (nSPS) is 11.5. The van der Waals surface area contributed by atoms with E-state index in [1.54, 1.807) is 28.8 Å². The number of hydrogen-bond acceptors (Lipinski definition) is 8. The number of allylic oxidation sites excluding steroid dienone is 1. The Labute approximate surface area is 181 Å². The molecule has 0 saturated heterocycles. The molecule has 4 aromatic heterocycles. The van der Waals surface area contributed by atoms with E-state index in [2.05, 4.69) is 42.9 Å². The van der Waals surface area contributed by atoms with Crippen molar-refractivity contribution in [3.8, 4) is 11.7 Å². The van der Waals surface area contributed by atoms with Gasteiger partial charge < -0.3 is 8.83 Å². The maximum Gasteiger partial charge on any atom is 0.283 e. The molecule has 0 atom stereocenters. The van der Waals surface area contributed by atoms with Crippen molar-refractivity contribution in [2.45, 2.75) is 17.5 Å². The van der Waals surface area contributed by atoms with Gasteiger partial charge in [0.15, 0.2) is 15.6 Å². The number of fused-ring (bicyclic) bond motifs is 3. The van der Waals surface area contributed by atoms with E-state index < -0.39 is 0 Å². The Balaban J connectivity index is 1.52. The van der Waals surface area contributed by atoms with Crippen LogP contribution in [0.4, 0.5) is 0 Å². The minimum absolute atomic E-state index is 0.131. The Morgan fingerprint density at radius 1 is 1.10 bits per heavy atom. The Bertz CT molecular complexity index is 1450. The fourth-order valence-corrected chi connectivity index (χ4v) is 4.17. The molecule has 5 rings (SSSR count). The largest absolute Gasteiger partial charge is 0.444 e. The molecule has 11 heteroatoms. The summed E-state index contributed by atoms with van der Waals surface area (Å²) in [7, 11) is 0. The number of furan rings is 1. The number of aromatic nitrogens is 6. The van der Waals surface area contributed by atoms with Gasteiger partial charge in [0.1, 0.15) is 0 Å². The molecule has 0 fully saturated rings. The summed E-state index contributed by atoms with van der Waals surface area (Å²) >= 11 is 4.63. The third-order valence-corrected chi connectivity index (χ3v) is 5.71. The smallest absolute Gasteiger partial charge is 0.283 e. The van der Waals surface area contributed by atoms with Gasteiger partial charge in [-0.25, -0.2) is 0 Å². The van der Waals surface area contributed by atoms with Gasteiger partial charge >= 0.3 is 0 Å². The predicted molar refractivity (Wildman–Crippen MR) is 114 cm³/mol. The van der Waals surface area contributed by atoms with Crippen LogP contribution in [-0.2, 0) is 12.3 Å². The quantitative estimate of drug-likeness (QED) is 0.263. The zero-order valence-electron chi connectivity index (χ0n) is 15.4. The van der Waals surface area contributed by atoms with Gasteiger partial charge in [-0.05, 0) is 40.2 Å². The van der Waals surface area contributed by atoms with Gasteiger partial charge in [0.05, 0.1) is 16.7 Å². The average molecular weight is 485 g/mol. The molecule has 0 unspecified atom stereocenters. The molecule has 9 nitrogen and oxygen atoms in total. The van der Waals surface area contributed by atoms with Crippen molar-refractivity contribution in [2.75, 3.05) is 0 Å². The van der Waals surface area contributed by atoms with Crippen LogP contribution in [-0.4, -0.2) is 29.4 Å². The Kier molecular flexibility index (Phi) is 4.75. The third kappa shape index (κ3) is 3.15. The summed E-state index contributed by atoms with van der Waals surface area (Å²) in [6.45, 7) is 4.07. The molecule has 1 aromatic carbocycles. The Hall–Kier alpha value is -3.18. The second-order valence-electron chi connectivity index (χ2n) is 6.23. The summed E-state index contributed by atoms with van der Waals surface area (Å²) in [5, 5.41) is 17.8. The number of halogens is 1. The highest BCUT2D eigenvalue weighted by Crippen LogP contribution is 2.27. The van der Waals surface area contributed by atoms with Crippen molar-refractivity contribution in [1.29, 1.82) is 0 Å². The molecule has 0 bridgehead atoms. The van der Waals surface area contributed by atoms with E-state index in [0.717, 1.165) is 5.52 Å². The second-order valence-corrected chi connectivity index (χ2v) is 7.96. The van der Waals surface area contributed by atoms with Crippen LogP contribution in [0.5, 0.6) is 0 Å². The summed E-state index contributed by atoms with van der Waals surface area (Å²) in [5.74, 6) is 2.03. The number of rotatable bonds is 6. The summed E-state index contributed by atoms with van der Waals surface area (Å²) in [4.78, 5) is 12.8. The van der Waals surface area contributed by atoms with Crippen LogP contribution in [0.25, 0.3) is 28.3 Å². The zero-order chi connectivity index (χ0) is 20.7. The van der Waals surface area contributed by atoms with Gasteiger partial charge in [0, 0.05) is 6.54 Å². The topological polar surface area (TPSA) is 104 Å². The summed E-state index contributed by atoms with van der Waals surface area (Å²) in [6, 6.07) is 10.9. The summed E-state index contributed by atoms with van der Waals surface area (Å²) in [6.07, 6.45) is 1.66. The highest BCUT2D eigenvalue weighted by atomic mass is 79.9. The van der Waals surface area contributed by atoms with Crippen LogP contribution in [0.3, 0.4) is 0 Å². The van der Waals surface area contributed by atoms with Crippen molar-refractivity contribution in [1.82, 2.24) is 29.4 Å². The van der Waals surface area contributed by atoms with Crippen LogP contribution < -0.4 is 5.56 Å². The van der Waals surface area contributed by atoms with E-state index in [-0.39, 0.29) is 5.56 Å². The predicted octanol–water partition coefficient (Wildman–Crippen LogP) is 3.93. The van der Waals surface area contributed by atoms with Crippen molar-refractivity contribution in [3.63, 3.8) is 0 Å². The third-order valence-electron chi connectivity index (χ3n) is 4.37. The van der Waals surface area contributed by atoms with Gasteiger partial charge in [-0.1, -0.05) is 30.0 Å². The zero-order valence-corrected chi connectivity index (χ0v) is 17.8. The first-order valence-corrected chi connectivity index (χ1v) is 10.6. The van der Waals surface area contributed by atoms with E-state index in [4.69, 9.17) is 8.83 Å². The van der Waals surface area contributed by atoms with Gasteiger partial charge in [-0.15, -0.1) is 27.0 Å². The Morgan fingerprint density at radius 2 is 1.97 bits per heavy atom. The van der Waals surface area contributed by atoms with E-state index in [1.165, 1.54) is 11.8 Å². The molecule has 150 valence electrons. The molecule has 5 aromatic rings. The van der Waals surface area contributed by atoms with E-state index in [9.17, 15) is 4.79 Å². The lowest BCUT2D eigenvalue weighted by atomic mass is 10.2. The molecule has 0 N–H and O–H groups in total. The molecule has 0 saturated carbocycles. The van der Waals surface area contributed by atoms with Gasteiger partial charge in [-0.2, -0.15) is 0 Å². The molecular formula is C19H13BrN6O3S. The van der Waals surface area contributed by atoms with Gasteiger partial charge in [0.2, 0.25) is 11.7 Å². The minimum Gasteiger partial charge on any atom is -0.444 e. The molecule has 0 aliphatic carbocycles. The first kappa shape index (κ1) is 18.8. The maximum atomic E-state index is 12.8. The molecular weight excluding hydrogens is 472 g/mol. The fourth-order valence-electron chi connectivity index (χ4n) is 3.09. The lowest BCUT2D eigenvalue weighted by Crippen LogP contribution is -2.22. The van der Waals surface area contributed by atoms with E-state index in [0.29, 0.717) is 50.8 Å². The highest BCUT2D eigenvalue weighted by Gasteiger charge is 2.18. The van der Waals surface area contributed by atoms with Gasteiger partial charge in [-0.3, -0.25) is 13.8 Å². The molecule has 0 aliphatic heterocycles. The number of para-hydroxylation sites is 1. The van der Waals surface area contributed by atoms with Crippen molar-refractivity contribution in [2.24, 2.45) is 0 Å². The molecule has 30 heavy (non-hydrogen) atoms. The van der Waals surface area contributed by atoms with Crippen LogP contribution >= 0.6 is 27.7 Å². The van der Waals surface area contributed by atoms with Crippen LogP contribution in [0, 0.1) is 0 Å². The van der Waals surface area contributed by atoms with Crippen molar-refractivity contribution < 1.29 is 8.83 Å². The summed E-state index contributed by atoms with van der Waals surface area (Å²) in [5.41, 5.74) is 0.602. The monoisotopic (exact) mass is 484 g/mol. The SMILES string of the molecule is C=CCn1c(=O)c2ccccc2n2c(SCc3nnc(-c4ccc(Br)o4)o3)nnc12. The standard InChI is InChI=1S/C19H13BrN6O3S/c1-2-9-25-17(27)11-5-3-4-6-12(11)26-18(25)23-24-19(26)30-10-15-21-22-16(29-15)13-7-8-14(20)28-13/h2-8H,1,9-10H2. The van der Waals surface area contributed by atoms with Crippen LogP contribution in [0.1, 0.15) is 5.89 Å². The van der Waals surface area contributed by atoms with Crippen LogP contribution in [0.2, 0.25) is 0 Å². The first-order valence-electron chi connectivity index (χ1n) is 8.84. The molecule has 4 heterocycles. The van der Waals surface area contributed by atoms with E-state index >= 15 is 0 Å². The van der Waals surface area contributed by atoms with E-state index in [1.807, 2.05) is 22.6 Å². The number of nitrogens with zero attached hydrogens (tertiary/aromatic N) is 6. The highest BCUT2D eigenvalue weighted by molar-refractivity contribution is 9.10. The van der Waals surface area contributed by atoms with Crippen LogP contribution in [0.15, 0.2) is 72.5 Å². The maximum absolute atomic E-state index is 12.8.